The lowest BCUT2D eigenvalue weighted by molar-refractivity contribution is -0.385. The van der Waals surface area contributed by atoms with Gasteiger partial charge in [-0.2, -0.15) is 13.2 Å². The van der Waals surface area contributed by atoms with Gasteiger partial charge in [0.1, 0.15) is 11.6 Å². The van der Waals surface area contributed by atoms with Gasteiger partial charge in [-0.05, 0) is 54.6 Å². The van der Waals surface area contributed by atoms with Crippen LogP contribution in [0.4, 0.5) is 28.9 Å². The lowest BCUT2D eigenvalue weighted by Crippen LogP contribution is -2.11. The Morgan fingerprint density at radius 3 is 2.30 bits per heavy atom. The minimum absolute atomic E-state index is 0.0696. The van der Waals surface area contributed by atoms with Crippen LogP contribution in [0.1, 0.15) is 15.9 Å². The number of carbonyl (C=O) groups is 1. The van der Waals surface area contributed by atoms with Crippen LogP contribution in [-0.4, -0.2) is 10.8 Å². The highest BCUT2D eigenvalue weighted by Crippen LogP contribution is 2.37. The zero-order valence-corrected chi connectivity index (χ0v) is 14.9. The average molecular weight is 420 g/mol. The molecular formula is C20H12F4N2O4. The molecule has 0 atom stereocenters. The number of nitro groups is 1. The minimum Gasteiger partial charge on any atom is -0.450 e. The van der Waals surface area contributed by atoms with Gasteiger partial charge in [0.2, 0.25) is 5.75 Å². The van der Waals surface area contributed by atoms with Gasteiger partial charge in [-0.3, -0.25) is 14.9 Å². The Bertz CT molecular complexity index is 1100. The summed E-state index contributed by atoms with van der Waals surface area (Å²) in [4.78, 5) is 22.3. The Balaban J connectivity index is 1.77. The highest BCUT2D eigenvalue weighted by molar-refractivity contribution is 6.04. The van der Waals surface area contributed by atoms with Crippen molar-refractivity contribution < 1.29 is 32.0 Å². The predicted molar refractivity (Wildman–Crippen MR) is 99.0 cm³/mol. The molecular weight excluding hydrogens is 408 g/mol. The van der Waals surface area contributed by atoms with E-state index in [1.807, 2.05) is 0 Å². The second kappa shape index (κ2) is 8.19. The number of nitrogens with one attached hydrogen (secondary N) is 1. The molecule has 0 aromatic heterocycles. The molecule has 0 spiro atoms. The largest absolute Gasteiger partial charge is 0.450 e. The molecule has 0 radical (unpaired) electrons. The fraction of sp³-hybridized carbons (Fsp3) is 0.0500. The molecule has 0 bridgehead atoms. The second-order valence-corrected chi connectivity index (χ2v) is 6.03. The lowest BCUT2D eigenvalue weighted by Gasteiger charge is -2.10. The fourth-order valence-corrected chi connectivity index (χ4v) is 2.49. The number of nitro benzene ring substituents is 1. The van der Waals surface area contributed by atoms with E-state index in [0.717, 1.165) is 12.1 Å². The molecule has 1 N–H and O–H groups in total. The highest BCUT2D eigenvalue weighted by atomic mass is 19.4. The molecule has 1 amide bonds. The molecule has 0 saturated carbocycles. The normalized spacial score (nSPS) is 11.1. The van der Waals surface area contributed by atoms with Crippen molar-refractivity contribution in [2.24, 2.45) is 0 Å². The summed E-state index contributed by atoms with van der Waals surface area (Å²) in [5.41, 5.74) is -1.59. The molecule has 3 aromatic rings. The van der Waals surface area contributed by atoms with Gasteiger partial charge in [0.15, 0.2) is 0 Å². The summed E-state index contributed by atoms with van der Waals surface area (Å²) in [6.45, 7) is 0. The maximum absolute atomic E-state index is 13.2. The number of alkyl halides is 3. The first-order valence-corrected chi connectivity index (χ1v) is 8.34. The lowest BCUT2D eigenvalue weighted by atomic mass is 10.1. The third-order valence-corrected chi connectivity index (χ3v) is 3.91. The van der Waals surface area contributed by atoms with Gasteiger partial charge in [0, 0.05) is 17.3 Å². The number of hydrogen-bond acceptors (Lipinski definition) is 4. The Labute approximate surface area is 166 Å². The number of halogens is 4. The third kappa shape index (κ3) is 4.90. The Kier molecular flexibility index (Phi) is 5.67. The summed E-state index contributed by atoms with van der Waals surface area (Å²) in [5.74, 6) is -1.37. The van der Waals surface area contributed by atoms with Crippen LogP contribution in [0.2, 0.25) is 0 Å². The van der Waals surface area contributed by atoms with E-state index in [-0.39, 0.29) is 22.7 Å². The van der Waals surface area contributed by atoms with Crippen LogP contribution in [0.5, 0.6) is 11.5 Å². The highest BCUT2D eigenvalue weighted by Gasteiger charge is 2.33. The number of amides is 1. The fourth-order valence-electron chi connectivity index (χ4n) is 2.49. The van der Waals surface area contributed by atoms with Gasteiger partial charge in [-0.15, -0.1) is 0 Å². The molecule has 0 unspecified atom stereocenters. The van der Waals surface area contributed by atoms with E-state index < -0.39 is 34.1 Å². The molecule has 0 aliphatic rings. The summed E-state index contributed by atoms with van der Waals surface area (Å²) in [7, 11) is 0. The molecule has 3 aromatic carbocycles. The van der Waals surface area contributed by atoms with Crippen LogP contribution < -0.4 is 10.1 Å². The van der Waals surface area contributed by atoms with Gasteiger partial charge in [-0.25, -0.2) is 4.39 Å². The quantitative estimate of drug-likeness (QED) is 0.321. The first-order valence-electron chi connectivity index (χ1n) is 8.34. The first-order chi connectivity index (χ1) is 14.1. The van der Waals surface area contributed by atoms with E-state index >= 15 is 0 Å². The molecule has 154 valence electrons. The first kappa shape index (κ1) is 20.8. The summed E-state index contributed by atoms with van der Waals surface area (Å²) < 4.78 is 56.8. The molecule has 0 fully saturated rings. The van der Waals surface area contributed by atoms with Crippen molar-refractivity contribution in [2.75, 3.05) is 5.32 Å². The molecule has 3 rings (SSSR count). The molecule has 10 heteroatoms. The summed E-state index contributed by atoms with van der Waals surface area (Å²) >= 11 is 0. The predicted octanol–water partition coefficient (Wildman–Crippen LogP) is 5.80. The van der Waals surface area contributed by atoms with Crippen LogP contribution in [0.25, 0.3) is 0 Å². The van der Waals surface area contributed by atoms with E-state index in [4.69, 9.17) is 4.74 Å². The Morgan fingerprint density at radius 2 is 1.70 bits per heavy atom. The van der Waals surface area contributed by atoms with Crippen LogP contribution in [0.15, 0.2) is 66.7 Å². The third-order valence-electron chi connectivity index (χ3n) is 3.91. The Hall–Kier alpha value is -3.95. The molecule has 30 heavy (non-hydrogen) atoms. The van der Waals surface area contributed by atoms with Gasteiger partial charge in [0.25, 0.3) is 5.91 Å². The molecule has 0 heterocycles. The van der Waals surface area contributed by atoms with E-state index in [0.29, 0.717) is 12.1 Å². The smallest absolute Gasteiger partial charge is 0.416 e. The number of ether oxygens (including phenoxy) is 1. The molecule has 0 aliphatic heterocycles. The number of anilines is 1. The van der Waals surface area contributed by atoms with Gasteiger partial charge in [-0.1, -0.05) is 6.07 Å². The van der Waals surface area contributed by atoms with Crippen molar-refractivity contribution in [3.05, 3.63) is 93.8 Å². The number of hydrogen-bond donors (Lipinski definition) is 1. The number of carbonyl (C=O) groups excluding carboxylic acids is 1. The summed E-state index contributed by atoms with van der Waals surface area (Å²) in [5, 5.41) is 13.6. The molecule has 6 nitrogen and oxygen atoms in total. The molecule has 0 aliphatic carbocycles. The minimum atomic E-state index is -4.74. The summed E-state index contributed by atoms with van der Waals surface area (Å²) in [6.07, 6.45) is -4.74. The van der Waals surface area contributed by atoms with Crippen LogP contribution in [-0.2, 0) is 6.18 Å². The zero-order chi connectivity index (χ0) is 21.9. The van der Waals surface area contributed by atoms with Crippen LogP contribution in [0, 0.1) is 15.9 Å². The van der Waals surface area contributed by atoms with Gasteiger partial charge >= 0.3 is 11.9 Å². The summed E-state index contributed by atoms with van der Waals surface area (Å²) in [6, 6.07) is 12.5. The average Bonchev–Trinajstić information content (AvgIpc) is 2.68. The van der Waals surface area contributed by atoms with Crippen molar-refractivity contribution in [3.63, 3.8) is 0 Å². The maximum atomic E-state index is 13.2. The van der Waals surface area contributed by atoms with Crippen LogP contribution >= 0.6 is 0 Å². The maximum Gasteiger partial charge on any atom is 0.416 e. The molecule has 0 saturated heterocycles. The van der Waals surface area contributed by atoms with E-state index in [1.165, 1.54) is 42.5 Å². The number of nitrogens with zero attached hydrogens (tertiary/aromatic N) is 1. The van der Waals surface area contributed by atoms with Gasteiger partial charge < -0.3 is 10.1 Å². The van der Waals surface area contributed by atoms with Crippen LogP contribution in [0.3, 0.4) is 0 Å². The topological polar surface area (TPSA) is 81.5 Å². The van der Waals surface area contributed by atoms with E-state index in [9.17, 15) is 32.5 Å². The van der Waals surface area contributed by atoms with Crippen molar-refractivity contribution >= 4 is 17.3 Å². The van der Waals surface area contributed by atoms with Gasteiger partial charge in [0.05, 0.1) is 10.5 Å². The SMILES string of the molecule is O=C(Nc1cccc(F)c1)c1ccc(Oc2ccc(C(F)(F)F)cc2[N+](=O)[O-])cc1. The van der Waals surface area contributed by atoms with E-state index in [1.54, 1.807) is 0 Å². The number of benzene rings is 3. The Morgan fingerprint density at radius 1 is 1.00 bits per heavy atom. The van der Waals surface area contributed by atoms with E-state index in [2.05, 4.69) is 5.32 Å². The number of rotatable bonds is 5. The standard InChI is InChI=1S/C20H12F4N2O4/c21-14-2-1-3-15(11-14)25-19(27)12-4-7-16(8-5-12)30-18-9-6-13(20(22,23)24)10-17(18)26(28)29/h1-11H,(H,25,27). The zero-order valence-electron chi connectivity index (χ0n) is 14.9. The van der Waals surface area contributed by atoms with Crippen molar-refractivity contribution in [1.82, 2.24) is 0 Å². The van der Waals surface area contributed by atoms with Crippen molar-refractivity contribution in [1.29, 1.82) is 0 Å². The van der Waals surface area contributed by atoms with Crippen molar-refractivity contribution in [2.45, 2.75) is 6.18 Å². The van der Waals surface area contributed by atoms with Crippen molar-refractivity contribution in [3.8, 4) is 11.5 Å². The monoisotopic (exact) mass is 420 g/mol. The second-order valence-electron chi connectivity index (χ2n) is 6.03.